The molecule has 156 valence electrons. The molecule has 4 amide bonds. The Morgan fingerprint density at radius 1 is 1.24 bits per heavy atom. The molecule has 1 fully saturated rings. The van der Waals surface area contributed by atoms with Gasteiger partial charge in [0.25, 0.3) is 11.8 Å². The third-order valence-corrected chi connectivity index (χ3v) is 5.25. The fourth-order valence-corrected chi connectivity index (χ4v) is 3.61. The Hall–Kier alpha value is -2.90. The molecule has 29 heavy (non-hydrogen) atoms. The van der Waals surface area contributed by atoms with E-state index in [0.717, 1.165) is 24.2 Å². The first-order valence-electron chi connectivity index (χ1n) is 9.93. The zero-order valence-electron chi connectivity index (χ0n) is 17.0. The molecule has 0 radical (unpaired) electrons. The molecule has 2 aliphatic rings. The van der Waals surface area contributed by atoms with Gasteiger partial charge in [0.2, 0.25) is 0 Å². The second-order valence-electron chi connectivity index (χ2n) is 8.07. The van der Waals surface area contributed by atoms with Gasteiger partial charge in [-0.1, -0.05) is 6.07 Å². The van der Waals surface area contributed by atoms with Crippen molar-refractivity contribution >= 4 is 29.5 Å². The molecular formula is C21H27N3O5. The SMILES string of the molecule is C[C@H](OC(=O)CCCN1C(=O)NC(C)(C)C1=O)C(=O)Nc1ccc2c(c1)CCC2. The van der Waals surface area contributed by atoms with Crippen molar-refractivity contribution in [3.63, 3.8) is 0 Å². The van der Waals surface area contributed by atoms with E-state index in [0.29, 0.717) is 5.69 Å². The lowest BCUT2D eigenvalue weighted by Crippen LogP contribution is -2.40. The first-order valence-corrected chi connectivity index (χ1v) is 9.93. The number of nitrogens with one attached hydrogen (secondary N) is 2. The number of ether oxygens (including phenoxy) is 1. The molecule has 1 heterocycles. The molecule has 1 aliphatic carbocycles. The van der Waals surface area contributed by atoms with Gasteiger partial charge in [-0.05, 0) is 69.7 Å². The van der Waals surface area contributed by atoms with Crippen LogP contribution in [-0.2, 0) is 32.0 Å². The van der Waals surface area contributed by atoms with Gasteiger partial charge in [0.05, 0.1) is 0 Å². The second-order valence-corrected chi connectivity index (χ2v) is 8.07. The number of rotatable bonds is 7. The lowest BCUT2D eigenvalue weighted by Gasteiger charge is -2.16. The molecule has 8 heteroatoms. The summed E-state index contributed by atoms with van der Waals surface area (Å²) in [6.07, 6.45) is 2.55. The molecule has 0 unspecified atom stereocenters. The van der Waals surface area contributed by atoms with E-state index in [1.165, 1.54) is 18.1 Å². The predicted octanol–water partition coefficient (Wildman–Crippen LogP) is 2.16. The Morgan fingerprint density at radius 3 is 2.66 bits per heavy atom. The van der Waals surface area contributed by atoms with Gasteiger partial charge in [0.15, 0.2) is 6.10 Å². The fourth-order valence-electron chi connectivity index (χ4n) is 3.61. The summed E-state index contributed by atoms with van der Waals surface area (Å²) in [5.41, 5.74) is 2.33. The van der Waals surface area contributed by atoms with Crippen LogP contribution in [0, 0.1) is 0 Å². The number of amides is 4. The number of carbonyl (C=O) groups is 4. The lowest BCUT2D eigenvalue weighted by atomic mass is 10.1. The average molecular weight is 401 g/mol. The highest BCUT2D eigenvalue weighted by Crippen LogP contribution is 2.25. The normalized spacial score (nSPS) is 18.2. The maximum atomic E-state index is 12.3. The molecule has 1 saturated heterocycles. The predicted molar refractivity (Wildman–Crippen MR) is 106 cm³/mol. The third-order valence-electron chi connectivity index (χ3n) is 5.25. The summed E-state index contributed by atoms with van der Waals surface area (Å²) in [7, 11) is 0. The van der Waals surface area contributed by atoms with Gasteiger partial charge in [0, 0.05) is 18.7 Å². The van der Waals surface area contributed by atoms with Crippen LogP contribution in [0.5, 0.6) is 0 Å². The van der Waals surface area contributed by atoms with E-state index in [9.17, 15) is 19.2 Å². The number of fused-ring (bicyclic) bond motifs is 1. The molecule has 0 saturated carbocycles. The largest absolute Gasteiger partial charge is 0.453 e. The quantitative estimate of drug-likeness (QED) is 0.538. The number of benzene rings is 1. The molecule has 3 rings (SSSR count). The number of esters is 1. The highest BCUT2D eigenvalue weighted by atomic mass is 16.5. The summed E-state index contributed by atoms with van der Waals surface area (Å²) in [5.74, 6) is -1.27. The van der Waals surface area contributed by atoms with Crippen LogP contribution in [0.25, 0.3) is 0 Å². The molecule has 0 aromatic heterocycles. The van der Waals surface area contributed by atoms with Crippen LogP contribution < -0.4 is 10.6 Å². The van der Waals surface area contributed by atoms with Gasteiger partial charge in [0.1, 0.15) is 5.54 Å². The number of nitrogens with zero attached hydrogens (tertiary/aromatic N) is 1. The molecule has 8 nitrogen and oxygen atoms in total. The van der Waals surface area contributed by atoms with Crippen molar-refractivity contribution in [2.45, 2.75) is 64.5 Å². The van der Waals surface area contributed by atoms with Gasteiger partial charge < -0.3 is 15.4 Å². The molecule has 0 bridgehead atoms. The van der Waals surface area contributed by atoms with Gasteiger partial charge >= 0.3 is 12.0 Å². The van der Waals surface area contributed by atoms with Crippen molar-refractivity contribution in [3.8, 4) is 0 Å². The van der Waals surface area contributed by atoms with Crippen LogP contribution in [0.2, 0.25) is 0 Å². The fraction of sp³-hybridized carbons (Fsp3) is 0.524. The molecule has 1 atom stereocenters. The smallest absolute Gasteiger partial charge is 0.325 e. The third kappa shape index (κ3) is 4.75. The molecule has 2 N–H and O–H groups in total. The number of hydrogen-bond donors (Lipinski definition) is 2. The van der Waals surface area contributed by atoms with Crippen LogP contribution in [0.3, 0.4) is 0 Å². The van der Waals surface area contributed by atoms with Gasteiger partial charge in [-0.2, -0.15) is 0 Å². The number of imide groups is 1. The van der Waals surface area contributed by atoms with E-state index in [-0.39, 0.29) is 25.3 Å². The number of hydrogen-bond acceptors (Lipinski definition) is 5. The summed E-state index contributed by atoms with van der Waals surface area (Å²) in [6.45, 7) is 4.89. The van der Waals surface area contributed by atoms with Crippen molar-refractivity contribution in [2.24, 2.45) is 0 Å². The molecule has 1 aromatic rings. The van der Waals surface area contributed by atoms with Crippen LogP contribution in [0.4, 0.5) is 10.5 Å². The Labute approximate surface area is 170 Å². The van der Waals surface area contributed by atoms with E-state index < -0.39 is 29.6 Å². The number of anilines is 1. The van der Waals surface area contributed by atoms with E-state index in [1.54, 1.807) is 13.8 Å². The van der Waals surface area contributed by atoms with E-state index >= 15 is 0 Å². The topological polar surface area (TPSA) is 105 Å². The maximum Gasteiger partial charge on any atom is 0.325 e. The van der Waals surface area contributed by atoms with Crippen LogP contribution in [-0.4, -0.2) is 46.9 Å². The van der Waals surface area contributed by atoms with Gasteiger partial charge in [-0.3, -0.25) is 19.3 Å². The second kappa shape index (κ2) is 8.23. The minimum Gasteiger partial charge on any atom is -0.453 e. The first-order chi connectivity index (χ1) is 13.7. The summed E-state index contributed by atoms with van der Waals surface area (Å²) in [6, 6.07) is 5.38. The van der Waals surface area contributed by atoms with Crippen molar-refractivity contribution in [2.75, 3.05) is 11.9 Å². The summed E-state index contributed by atoms with van der Waals surface area (Å²) in [4.78, 5) is 49.3. The van der Waals surface area contributed by atoms with Crippen LogP contribution in [0.15, 0.2) is 18.2 Å². The van der Waals surface area contributed by atoms with E-state index in [1.807, 2.05) is 18.2 Å². The number of carbonyl (C=O) groups excluding carboxylic acids is 4. The Morgan fingerprint density at radius 2 is 1.97 bits per heavy atom. The van der Waals surface area contributed by atoms with Crippen molar-refractivity contribution < 1.29 is 23.9 Å². The van der Waals surface area contributed by atoms with Crippen molar-refractivity contribution in [1.82, 2.24) is 10.2 Å². The molecular weight excluding hydrogens is 374 g/mol. The zero-order valence-corrected chi connectivity index (χ0v) is 17.0. The van der Waals surface area contributed by atoms with Gasteiger partial charge in [-0.25, -0.2) is 4.79 Å². The number of urea groups is 1. The minimum absolute atomic E-state index is 0.00789. The lowest BCUT2D eigenvalue weighted by molar-refractivity contribution is -0.153. The minimum atomic E-state index is -0.939. The van der Waals surface area contributed by atoms with E-state index in [4.69, 9.17) is 4.74 Å². The summed E-state index contributed by atoms with van der Waals surface area (Å²) >= 11 is 0. The van der Waals surface area contributed by atoms with Crippen molar-refractivity contribution in [1.29, 1.82) is 0 Å². The van der Waals surface area contributed by atoms with Crippen molar-refractivity contribution in [3.05, 3.63) is 29.3 Å². The van der Waals surface area contributed by atoms with Crippen LogP contribution >= 0.6 is 0 Å². The molecule has 0 spiro atoms. The van der Waals surface area contributed by atoms with E-state index in [2.05, 4.69) is 10.6 Å². The standard InChI is InChI=1S/C21H27N3O5/c1-13(18(26)22-16-10-9-14-6-4-7-15(14)12-16)29-17(25)8-5-11-24-19(27)21(2,3)23-20(24)28/h9-10,12-13H,4-8,11H2,1-3H3,(H,22,26)(H,23,28)/t13-/m0/s1. The first kappa shape index (κ1) is 20.8. The Kier molecular flexibility index (Phi) is 5.91. The average Bonchev–Trinajstić information content (AvgIpc) is 3.18. The molecule has 1 aromatic carbocycles. The zero-order chi connectivity index (χ0) is 21.2. The number of aryl methyl sites for hydroxylation is 2. The Bertz CT molecular complexity index is 849. The maximum absolute atomic E-state index is 12.3. The Balaban J connectivity index is 1.42. The monoisotopic (exact) mass is 401 g/mol. The van der Waals surface area contributed by atoms with Crippen LogP contribution in [0.1, 0.15) is 51.2 Å². The van der Waals surface area contributed by atoms with Gasteiger partial charge in [-0.15, -0.1) is 0 Å². The summed E-state index contributed by atoms with van der Waals surface area (Å²) in [5, 5.41) is 5.36. The summed E-state index contributed by atoms with van der Waals surface area (Å²) < 4.78 is 5.18. The molecule has 1 aliphatic heterocycles. The highest BCUT2D eigenvalue weighted by Gasteiger charge is 2.43. The highest BCUT2D eigenvalue weighted by molar-refractivity contribution is 6.06.